The maximum absolute atomic E-state index is 13.2. The molecule has 1 unspecified atom stereocenters. The average Bonchev–Trinajstić information content (AvgIpc) is 3.08. The fourth-order valence-electron chi connectivity index (χ4n) is 3.39. The van der Waals surface area contributed by atoms with Gasteiger partial charge in [0.05, 0.1) is 16.6 Å². The lowest BCUT2D eigenvalue weighted by molar-refractivity contribution is 0.376. The Bertz CT molecular complexity index is 820. The van der Waals surface area contributed by atoms with Crippen molar-refractivity contribution in [2.24, 2.45) is 0 Å². The normalized spacial score (nSPS) is 19.4. The van der Waals surface area contributed by atoms with Crippen LogP contribution in [-0.4, -0.2) is 24.4 Å². The Morgan fingerprint density at radius 2 is 1.96 bits per heavy atom. The number of benzene rings is 1. The standard InChI is InChI=1S/C17H22N2O3S/c1-11-7-8-12(2)16(10-11)23(20,21)19-9-5-6-15(19)17-13(3)18-22-14(17)4/h7-8,10,15H,5-6,9H2,1-4H3. The van der Waals surface area contributed by atoms with E-state index in [2.05, 4.69) is 5.16 Å². The van der Waals surface area contributed by atoms with Crippen LogP contribution in [0.4, 0.5) is 0 Å². The van der Waals surface area contributed by atoms with E-state index in [-0.39, 0.29) is 6.04 Å². The van der Waals surface area contributed by atoms with Gasteiger partial charge in [-0.15, -0.1) is 0 Å². The van der Waals surface area contributed by atoms with Gasteiger partial charge in [0.25, 0.3) is 0 Å². The smallest absolute Gasteiger partial charge is 0.243 e. The van der Waals surface area contributed by atoms with E-state index in [0.717, 1.165) is 35.2 Å². The summed E-state index contributed by atoms with van der Waals surface area (Å²) in [5.41, 5.74) is 3.41. The van der Waals surface area contributed by atoms with E-state index in [1.54, 1.807) is 10.4 Å². The third-order valence-electron chi connectivity index (χ3n) is 4.56. The van der Waals surface area contributed by atoms with Gasteiger partial charge in [-0.3, -0.25) is 0 Å². The Hall–Kier alpha value is -1.66. The number of aryl methyl sites for hydroxylation is 4. The second-order valence-corrected chi connectivity index (χ2v) is 8.14. The van der Waals surface area contributed by atoms with Gasteiger partial charge in [-0.1, -0.05) is 17.3 Å². The maximum Gasteiger partial charge on any atom is 0.243 e. The van der Waals surface area contributed by atoms with E-state index < -0.39 is 10.0 Å². The van der Waals surface area contributed by atoms with Crippen LogP contribution in [0.3, 0.4) is 0 Å². The van der Waals surface area contributed by atoms with E-state index >= 15 is 0 Å². The van der Waals surface area contributed by atoms with Crippen LogP contribution in [0, 0.1) is 27.7 Å². The molecule has 0 radical (unpaired) electrons. The first-order chi connectivity index (χ1) is 10.8. The van der Waals surface area contributed by atoms with Gasteiger partial charge < -0.3 is 4.52 Å². The summed E-state index contributed by atoms with van der Waals surface area (Å²) < 4.78 is 33.3. The largest absolute Gasteiger partial charge is 0.361 e. The molecule has 2 heterocycles. The van der Waals surface area contributed by atoms with Crippen LogP contribution < -0.4 is 0 Å². The molecule has 0 bridgehead atoms. The number of hydrogen-bond acceptors (Lipinski definition) is 4. The van der Waals surface area contributed by atoms with Crippen molar-refractivity contribution in [1.82, 2.24) is 9.46 Å². The molecule has 124 valence electrons. The number of sulfonamides is 1. The summed E-state index contributed by atoms with van der Waals surface area (Å²) in [7, 11) is -3.54. The number of nitrogens with zero attached hydrogens (tertiary/aromatic N) is 2. The van der Waals surface area contributed by atoms with Crippen molar-refractivity contribution in [3.05, 3.63) is 46.3 Å². The summed E-state index contributed by atoms with van der Waals surface area (Å²) >= 11 is 0. The van der Waals surface area contributed by atoms with E-state index in [1.165, 1.54) is 0 Å². The van der Waals surface area contributed by atoms with Gasteiger partial charge in [-0.2, -0.15) is 4.31 Å². The first kappa shape index (κ1) is 16.2. The summed E-state index contributed by atoms with van der Waals surface area (Å²) in [6, 6.07) is 5.37. The van der Waals surface area contributed by atoms with Crippen molar-refractivity contribution >= 4 is 10.0 Å². The quantitative estimate of drug-likeness (QED) is 0.862. The van der Waals surface area contributed by atoms with Gasteiger partial charge in [-0.05, 0) is 57.7 Å². The van der Waals surface area contributed by atoms with Crippen molar-refractivity contribution in [2.75, 3.05) is 6.54 Å². The molecule has 1 aliphatic heterocycles. The molecule has 0 saturated carbocycles. The lowest BCUT2D eigenvalue weighted by atomic mass is 10.0. The van der Waals surface area contributed by atoms with E-state index in [1.807, 2.05) is 39.8 Å². The molecule has 2 aromatic rings. The summed E-state index contributed by atoms with van der Waals surface area (Å²) in [6.45, 7) is 8.00. The molecular formula is C17H22N2O3S. The third kappa shape index (κ3) is 2.70. The molecule has 0 amide bonds. The molecule has 0 N–H and O–H groups in total. The highest BCUT2D eigenvalue weighted by molar-refractivity contribution is 7.89. The average molecular weight is 334 g/mol. The first-order valence-electron chi connectivity index (χ1n) is 7.84. The van der Waals surface area contributed by atoms with Crippen molar-refractivity contribution < 1.29 is 12.9 Å². The predicted molar refractivity (Wildman–Crippen MR) is 87.8 cm³/mol. The number of hydrogen-bond donors (Lipinski definition) is 0. The Morgan fingerprint density at radius 3 is 2.61 bits per heavy atom. The van der Waals surface area contributed by atoms with Gasteiger partial charge >= 0.3 is 0 Å². The third-order valence-corrected chi connectivity index (χ3v) is 6.61. The fraction of sp³-hybridized carbons (Fsp3) is 0.471. The molecular weight excluding hydrogens is 312 g/mol. The molecule has 6 heteroatoms. The Balaban J connectivity index is 2.07. The molecule has 1 aromatic heterocycles. The van der Waals surface area contributed by atoms with Crippen LogP contribution in [0.1, 0.15) is 47.0 Å². The SMILES string of the molecule is Cc1ccc(C)c(S(=O)(=O)N2CCCC2c2c(C)noc2C)c1. The first-order valence-corrected chi connectivity index (χ1v) is 9.28. The topological polar surface area (TPSA) is 63.4 Å². The molecule has 0 aliphatic carbocycles. The van der Waals surface area contributed by atoms with Crippen molar-refractivity contribution in [1.29, 1.82) is 0 Å². The lowest BCUT2D eigenvalue weighted by Gasteiger charge is -2.25. The zero-order chi connectivity index (χ0) is 16.8. The summed E-state index contributed by atoms with van der Waals surface area (Å²) in [6.07, 6.45) is 1.64. The monoisotopic (exact) mass is 334 g/mol. The second kappa shape index (κ2) is 5.76. The molecule has 1 atom stereocenters. The zero-order valence-electron chi connectivity index (χ0n) is 14.0. The zero-order valence-corrected chi connectivity index (χ0v) is 14.8. The van der Waals surface area contributed by atoms with Gasteiger partial charge in [-0.25, -0.2) is 8.42 Å². The molecule has 5 nitrogen and oxygen atoms in total. The molecule has 1 fully saturated rings. The lowest BCUT2D eigenvalue weighted by Crippen LogP contribution is -2.31. The van der Waals surface area contributed by atoms with Crippen LogP contribution >= 0.6 is 0 Å². The number of rotatable bonds is 3. The van der Waals surface area contributed by atoms with Crippen LogP contribution in [0.25, 0.3) is 0 Å². The molecule has 0 spiro atoms. The summed E-state index contributed by atoms with van der Waals surface area (Å²) in [4.78, 5) is 0.399. The van der Waals surface area contributed by atoms with E-state index in [9.17, 15) is 8.42 Å². The Morgan fingerprint density at radius 1 is 1.22 bits per heavy atom. The van der Waals surface area contributed by atoms with Gasteiger partial charge in [0.15, 0.2) is 0 Å². The molecule has 1 aromatic carbocycles. The van der Waals surface area contributed by atoms with Crippen molar-refractivity contribution in [3.63, 3.8) is 0 Å². The summed E-state index contributed by atoms with van der Waals surface area (Å²) in [5.74, 6) is 0.704. The van der Waals surface area contributed by atoms with Gasteiger partial charge in [0.2, 0.25) is 10.0 Å². The second-order valence-electron chi connectivity index (χ2n) is 6.28. The molecule has 3 rings (SSSR count). The molecule has 23 heavy (non-hydrogen) atoms. The van der Waals surface area contributed by atoms with Crippen LogP contribution in [0.2, 0.25) is 0 Å². The van der Waals surface area contributed by atoms with Gasteiger partial charge in [0.1, 0.15) is 5.76 Å². The van der Waals surface area contributed by atoms with E-state index in [0.29, 0.717) is 17.2 Å². The Labute approximate surface area is 137 Å². The minimum Gasteiger partial charge on any atom is -0.361 e. The van der Waals surface area contributed by atoms with Crippen LogP contribution in [-0.2, 0) is 10.0 Å². The Kier molecular flexibility index (Phi) is 4.06. The highest BCUT2D eigenvalue weighted by Gasteiger charge is 2.39. The minimum absolute atomic E-state index is 0.189. The van der Waals surface area contributed by atoms with Crippen LogP contribution in [0.5, 0.6) is 0 Å². The van der Waals surface area contributed by atoms with Crippen molar-refractivity contribution in [3.8, 4) is 0 Å². The summed E-state index contributed by atoms with van der Waals surface area (Å²) in [5, 5.41) is 3.99. The van der Waals surface area contributed by atoms with E-state index in [4.69, 9.17) is 4.52 Å². The highest BCUT2D eigenvalue weighted by atomic mass is 32.2. The fourth-order valence-corrected chi connectivity index (χ4v) is 5.37. The predicted octanol–water partition coefficient (Wildman–Crippen LogP) is 3.43. The van der Waals surface area contributed by atoms with Crippen molar-refractivity contribution in [2.45, 2.75) is 51.5 Å². The highest BCUT2D eigenvalue weighted by Crippen LogP contribution is 2.39. The molecule has 1 saturated heterocycles. The maximum atomic E-state index is 13.2. The van der Waals surface area contributed by atoms with Crippen LogP contribution in [0.15, 0.2) is 27.6 Å². The van der Waals surface area contributed by atoms with Gasteiger partial charge in [0, 0.05) is 12.1 Å². The molecule has 1 aliphatic rings. The minimum atomic E-state index is -3.54. The number of aromatic nitrogens is 1.